The number of piperidine rings is 1. The van der Waals surface area contributed by atoms with Crippen molar-refractivity contribution in [1.82, 2.24) is 14.7 Å². The molecule has 0 radical (unpaired) electrons. The van der Waals surface area contributed by atoms with Gasteiger partial charge in [0.25, 0.3) is 0 Å². The monoisotopic (exact) mass is 389 g/mol. The molecular formula is C23H36FN3O. The molecule has 28 heavy (non-hydrogen) atoms. The highest BCUT2D eigenvalue weighted by molar-refractivity contribution is 5.25. The number of likely N-dealkylation sites (N-methyl/N-ethyl adjacent to an activating group) is 1. The largest absolute Gasteiger partial charge is 0.385 e. The van der Waals surface area contributed by atoms with Crippen LogP contribution < -0.4 is 0 Å². The van der Waals surface area contributed by atoms with E-state index in [1.165, 1.54) is 25.0 Å². The van der Waals surface area contributed by atoms with Crippen molar-refractivity contribution in [3.05, 3.63) is 35.6 Å². The molecular weight excluding hydrogens is 353 g/mol. The Balaban J connectivity index is 1.40. The van der Waals surface area contributed by atoms with E-state index in [1.54, 1.807) is 12.1 Å². The van der Waals surface area contributed by atoms with E-state index in [0.29, 0.717) is 12.1 Å². The molecule has 0 aliphatic carbocycles. The van der Waals surface area contributed by atoms with E-state index in [1.807, 2.05) is 0 Å². The molecule has 0 spiro atoms. The maximum Gasteiger partial charge on any atom is 0.123 e. The number of fused-ring (bicyclic) bond motifs is 2. The second kappa shape index (κ2) is 7.67. The van der Waals surface area contributed by atoms with Crippen LogP contribution in [0, 0.1) is 11.2 Å². The molecule has 0 saturated carbocycles. The number of halogens is 1. The van der Waals surface area contributed by atoms with Crippen molar-refractivity contribution in [3.63, 3.8) is 0 Å². The Morgan fingerprint density at radius 2 is 1.57 bits per heavy atom. The summed E-state index contributed by atoms with van der Waals surface area (Å²) in [6.07, 6.45) is 3.86. The summed E-state index contributed by atoms with van der Waals surface area (Å²) in [5, 5.41) is 11.4. The Morgan fingerprint density at radius 1 is 1.00 bits per heavy atom. The lowest BCUT2D eigenvalue weighted by Gasteiger charge is -2.47. The highest BCUT2D eigenvalue weighted by Crippen LogP contribution is 2.46. The zero-order valence-electron chi connectivity index (χ0n) is 17.7. The minimum atomic E-state index is -0.808. The van der Waals surface area contributed by atoms with E-state index < -0.39 is 5.60 Å². The SMILES string of the molecule is CN1CCN(CC(C)(C)CN2[C@@H]3CC[C@H]2CC(O)(c2ccc(F)cc2)C3)CC1. The van der Waals surface area contributed by atoms with Gasteiger partial charge in [0.1, 0.15) is 5.82 Å². The molecule has 4 nitrogen and oxygen atoms in total. The van der Waals surface area contributed by atoms with E-state index in [0.717, 1.165) is 57.7 Å². The highest BCUT2D eigenvalue weighted by Gasteiger charge is 2.49. The van der Waals surface area contributed by atoms with Crippen LogP contribution in [0.1, 0.15) is 45.1 Å². The Hall–Kier alpha value is -1.01. The van der Waals surface area contributed by atoms with Crippen LogP contribution in [0.25, 0.3) is 0 Å². The topological polar surface area (TPSA) is 30.0 Å². The fraction of sp³-hybridized carbons (Fsp3) is 0.739. The van der Waals surface area contributed by atoms with Crippen LogP contribution in [0.4, 0.5) is 4.39 Å². The smallest absolute Gasteiger partial charge is 0.123 e. The van der Waals surface area contributed by atoms with Gasteiger partial charge in [-0.1, -0.05) is 26.0 Å². The average molecular weight is 390 g/mol. The number of benzene rings is 1. The quantitative estimate of drug-likeness (QED) is 0.839. The predicted octanol–water partition coefficient (Wildman–Crippen LogP) is 2.91. The minimum absolute atomic E-state index is 0.238. The summed E-state index contributed by atoms with van der Waals surface area (Å²) in [7, 11) is 2.20. The van der Waals surface area contributed by atoms with Gasteiger partial charge in [-0.25, -0.2) is 4.39 Å². The van der Waals surface area contributed by atoms with Crippen LogP contribution in [0.5, 0.6) is 0 Å². The number of rotatable bonds is 5. The summed E-state index contributed by atoms with van der Waals surface area (Å²) >= 11 is 0. The molecule has 1 aromatic carbocycles. The van der Waals surface area contributed by atoms with E-state index >= 15 is 0 Å². The number of nitrogens with zero attached hydrogens (tertiary/aromatic N) is 3. The number of hydrogen-bond donors (Lipinski definition) is 1. The fourth-order valence-electron chi connectivity index (χ4n) is 5.73. The van der Waals surface area contributed by atoms with Crippen LogP contribution in [-0.2, 0) is 5.60 Å². The highest BCUT2D eigenvalue weighted by atomic mass is 19.1. The Bertz CT molecular complexity index is 655. The van der Waals surface area contributed by atoms with Gasteiger partial charge < -0.3 is 14.9 Å². The van der Waals surface area contributed by atoms with Crippen molar-refractivity contribution in [2.75, 3.05) is 46.3 Å². The average Bonchev–Trinajstić information content (AvgIpc) is 2.87. The lowest BCUT2D eigenvalue weighted by atomic mass is 9.79. The van der Waals surface area contributed by atoms with Crippen LogP contribution in [0.2, 0.25) is 0 Å². The van der Waals surface area contributed by atoms with E-state index in [4.69, 9.17) is 0 Å². The molecule has 156 valence electrons. The fourth-order valence-corrected chi connectivity index (χ4v) is 5.73. The molecule has 4 rings (SSSR count). The molecule has 3 atom stereocenters. The Kier molecular flexibility index (Phi) is 5.56. The second-order valence-corrected chi connectivity index (χ2v) is 10.2. The lowest BCUT2D eigenvalue weighted by molar-refractivity contribution is -0.0675. The summed E-state index contributed by atoms with van der Waals surface area (Å²) < 4.78 is 13.3. The molecule has 3 heterocycles. The summed E-state index contributed by atoms with van der Waals surface area (Å²) in [6, 6.07) is 7.34. The summed E-state index contributed by atoms with van der Waals surface area (Å²) in [5.74, 6) is -0.238. The first-order chi connectivity index (χ1) is 13.2. The van der Waals surface area contributed by atoms with Crippen LogP contribution in [-0.4, -0.2) is 78.2 Å². The zero-order chi connectivity index (χ0) is 19.9. The third-order valence-electron chi connectivity index (χ3n) is 7.16. The maximum atomic E-state index is 13.3. The molecule has 1 aromatic rings. The van der Waals surface area contributed by atoms with Crippen LogP contribution in [0.3, 0.4) is 0 Å². The predicted molar refractivity (Wildman–Crippen MR) is 111 cm³/mol. The van der Waals surface area contributed by atoms with Crippen LogP contribution >= 0.6 is 0 Å². The van der Waals surface area contributed by atoms with Gasteiger partial charge in [0, 0.05) is 51.4 Å². The Labute approximate surface area is 169 Å². The van der Waals surface area contributed by atoms with Gasteiger partial charge in [0.05, 0.1) is 5.60 Å². The van der Waals surface area contributed by atoms with Gasteiger partial charge in [0.15, 0.2) is 0 Å². The standard InChI is InChI=1S/C23H36FN3O/c1-22(2,16-26-12-10-25(3)11-13-26)17-27-20-8-9-21(27)15-23(28,14-20)18-4-6-19(24)7-5-18/h4-7,20-21,28H,8-17H2,1-3H3/t20-,21+,23?. The van der Waals surface area contributed by atoms with Crippen molar-refractivity contribution in [1.29, 1.82) is 0 Å². The first-order valence-corrected chi connectivity index (χ1v) is 10.9. The summed E-state index contributed by atoms with van der Waals surface area (Å²) in [5.41, 5.74) is 0.307. The number of aliphatic hydroxyl groups is 1. The van der Waals surface area contributed by atoms with Gasteiger partial charge in [-0.2, -0.15) is 0 Å². The lowest BCUT2D eigenvalue weighted by Crippen LogP contribution is -2.54. The molecule has 1 unspecified atom stereocenters. The summed E-state index contributed by atoms with van der Waals surface area (Å²) in [6.45, 7) is 11.7. The van der Waals surface area contributed by atoms with Gasteiger partial charge in [-0.15, -0.1) is 0 Å². The normalized spacial score (nSPS) is 32.8. The molecule has 1 N–H and O–H groups in total. The van der Waals surface area contributed by atoms with Crippen LogP contribution in [0.15, 0.2) is 24.3 Å². The first-order valence-electron chi connectivity index (χ1n) is 10.9. The third kappa shape index (κ3) is 4.28. The molecule has 5 heteroatoms. The maximum absolute atomic E-state index is 13.3. The van der Waals surface area contributed by atoms with E-state index in [2.05, 4.69) is 35.6 Å². The molecule has 0 aromatic heterocycles. The minimum Gasteiger partial charge on any atom is -0.385 e. The molecule has 0 amide bonds. The second-order valence-electron chi connectivity index (χ2n) is 10.2. The van der Waals surface area contributed by atoms with Gasteiger partial charge >= 0.3 is 0 Å². The van der Waals surface area contributed by atoms with Crippen molar-refractivity contribution in [2.24, 2.45) is 5.41 Å². The van der Waals surface area contributed by atoms with Crippen molar-refractivity contribution in [3.8, 4) is 0 Å². The van der Waals surface area contributed by atoms with Crippen molar-refractivity contribution < 1.29 is 9.50 Å². The van der Waals surface area contributed by atoms with E-state index in [-0.39, 0.29) is 11.2 Å². The van der Waals surface area contributed by atoms with Gasteiger partial charge in [-0.05, 0) is 55.8 Å². The molecule has 3 aliphatic rings. The molecule has 3 aliphatic heterocycles. The first kappa shape index (κ1) is 20.3. The molecule has 3 fully saturated rings. The van der Waals surface area contributed by atoms with E-state index in [9.17, 15) is 9.50 Å². The van der Waals surface area contributed by atoms with Crippen molar-refractivity contribution >= 4 is 0 Å². The summed E-state index contributed by atoms with van der Waals surface area (Å²) in [4.78, 5) is 7.69. The van der Waals surface area contributed by atoms with Gasteiger partial charge in [0.2, 0.25) is 0 Å². The van der Waals surface area contributed by atoms with Crippen molar-refractivity contribution in [2.45, 2.75) is 57.2 Å². The number of piperazine rings is 1. The Morgan fingerprint density at radius 3 is 2.14 bits per heavy atom. The molecule has 3 saturated heterocycles. The zero-order valence-corrected chi connectivity index (χ0v) is 17.7. The van der Waals surface area contributed by atoms with Gasteiger partial charge in [-0.3, -0.25) is 4.90 Å². The third-order valence-corrected chi connectivity index (χ3v) is 7.16. The number of hydrogen-bond acceptors (Lipinski definition) is 4. The molecule has 2 bridgehead atoms.